The molecule has 0 aliphatic heterocycles. The van der Waals surface area contributed by atoms with Gasteiger partial charge in [0.15, 0.2) is 0 Å². The summed E-state index contributed by atoms with van der Waals surface area (Å²) in [6.07, 6.45) is 5.50. The lowest BCUT2D eigenvalue weighted by Crippen LogP contribution is -2.41. The summed E-state index contributed by atoms with van der Waals surface area (Å²) >= 11 is 3.30. The Balaban J connectivity index is 2.35. The van der Waals surface area contributed by atoms with E-state index >= 15 is 0 Å². The van der Waals surface area contributed by atoms with Gasteiger partial charge in [0.05, 0.1) is 0 Å². The zero-order valence-corrected chi connectivity index (χ0v) is 14.2. The molecule has 0 saturated heterocycles. The van der Waals surface area contributed by atoms with Crippen LogP contribution in [0.1, 0.15) is 32.6 Å². The van der Waals surface area contributed by atoms with Crippen LogP contribution in [-0.2, 0) is 10.0 Å². The first-order valence-electron chi connectivity index (χ1n) is 6.84. The average molecular weight is 362 g/mol. The van der Waals surface area contributed by atoms with Crippen molar-refractivity contribution in [2.75, 3.05) is 18.9 Å². The second-order valence-electron chi connectivity index (χ2n) is 5.03. The van der Waals surface area contributed by atoms with Crippen molar-refractivity contribution in [1.29, 1.82) is 0 Å². The summed E-state index contributed by atoms with van der Waals surface area (Å²) in [5, 5.41) is 3.09. The predicted octanol–water partition coefficient (Wildman–Crippen LogP) is 2.84. The molecule has 1 fully saturated rings. The second-order valence-corrected chi connectivity index (χ2v) is 7.91. The molecule has 1 N–H and O–H groups in total. The van der Waals surface area contributed by atoms with Crippen LogP contribution < -0.4 is 5.32 Å². The van der Waals surface area contributed by atoms with E-state index in [1.54, 1.807) is 19.3 Å². The molecular weight excluding hydrogens is 342 g/mol. The molecule has 5 nitrogen and oxygen atoms in total. The molecule has 0 amide bonds. The fraction of sp³-hybridized carbons (Fsp3) is 0.615. The summed E-state index contributed by atoms with van der Waals surface area (Å²) < 4.78 is 27.6. The number of hydrogen-bond acceptors (Lipinski definition) is 4. The summed E-state index contributed by atoms with van der Waals surface area (Å²) in [6, 6.07) is 1.74. The van der Waals surface area contributed by atoms with Crippen LogP contribution in [0.25, 0.3) is 0 Å². The van der Waals surface area contributed by atoms with Crippen LogP contribution in [0.15, 0.2) is 21.6 Å². The van der Waals surface area contributed by atoms with E-state index in [-0.39, 0.29) is 10.9 Å². The van der Waals surface area contributed by atoms with Crippen molar-refractivity contribution in [3.63, 3.8) is 0 Å². The Kier molecular flexibility index (Phi) is 5.04. The number of halogens is 1. The molecule has 2 rings (SSSR count). The normalized spacial score (nSPS) is 16.2. The number of rotatable bonds is 6. The Bertz CT molecular complexity index is 573. The summed E-state index contributed by atoms with van der Waals surface area (Å²) in [6.45, 7) is 2.73. The minimum absolute atomic E-state index is 0.123. The number of hydrogen-bond donors (Lipinski definition) is 1. The highest BCUT2D eigenvalue weighted by Crippen LogP contribution is 2.31. The Morgan fingerprint density at radius 1 is 1.50 bits per heavy atom. The van der Waals surface area contributed by atoms with Crippen molar-refractivity contribution in [3.05, 3.63) is 16.7 Å². The van der Waals surface area contributed by atoms with Gasteiger partial charge in [0.1, 0.15) is 10.7 Å². The number of sulfonamides is 1. The molecule has 7 heteroatoms. The minimum atomic E-state index is -3.50. The summed E-state index contributed by atoms with van der Waals surface area (Å²) in [5.74, 6) is 0.432. The van der Waals surface area contributed by atoms with Gasteiger partial charge in [-0.15, -0.1) is 0 Å². The molecule has 1 aliphatic carbocycles. The summed E-state index contributed by atoms with van der Waals surface area (Å²) in [5.41, 5.74) is 0. The number of nitrogens with zero attached hydrogens (tertiary/aromatic N) is 2. The molecule has 0 atom stereocenters. The van der Waals surface area contributed by atoms with Gasteiger partial charge >= 0.3 is 0 Å². The maximum atomic E-state index is 12.7. The van der Waals surface area contributed by atoms with Crippen molar-refractivity contribution in [1.82, 2.24) is 9.29 Å². The molecule has 1 aromatic heterocycles. The summed E-state index contributed by atoms with van der Waals surface area (Å²) in [7, 11) is -1.85. The molecule has 20 heavy (non-hydrogen) atoms. The minimum Gasteiger partial charge on any atom is -0.369 e. The third kappa shape index (κ3) is 3.15. The molecule has 1 heterocycles. The molecule has 0 spiro atoms. The van der Waals surface area contributed by atoms with Crippen LogP contribution in [0.3, 0.4) is 0 Å². The van der Waals surface area contributed by atoms with Crippen LogP contribution >= 0.6 is 15.9 Å². The van der Waals surface area contributed by atoms with Crippen molar-refractivity contribution in [2.45, 2.75) is 43.5 Å². The Morgan fingerprint density at radius 2 is 2.20 bits per heavy atom. The molecular formula is C13H20BrN3O2S. The fourth-order valence-corrected chi connectivity index (χ4v) is 4.14. The van der Waals surface area contributed by atoms with Gasteiger partial charge in [-0.05, 0) is 41.3 Å². The highest BCUT2D eigenvalue weighted by atomic mass is 79.9. The van der Waals surface area contributed by atoms with Crippen LogP contribution in [0.4, 0.5) is 5.82 Å². The van der Waals surface area contributed by atoms with Crippen LogP contribution in [0.2, 0.25) is 0 Å². The lowest BCUT2D eigenvalue weighted by Gasteiger charge is -2.34. The zero-order valence-electron chi connectivity index (χ0n) is 11.8. The molecule has 1 aliphatic rings. The first-order chi connectivity index (χ1) is 9.46. The summed E-state index contributed by atoms with van der Waals surface area (Å²) in [4.78, 5) is 4.45. The Morgan fingerprint density at radius 3 is 2.75 bits per heavy atom. The van der Waals surface area contributed by atoms with E-state index in [0.717, 1.165) is 25.7 Å². The van der Waals surface area contributed by atoms with E-state index in [9.17, 15) is 8.42 Å². The lowest BCUT2D eigenvalue weighted by atomic mass is 9.94. The first-order valence-corrected chi connectivity index (χ1v) is 9.07. The van der Waals surface area contributed by atoms with Crippen molar-refractivity contribution >= 4 is 31.8 Å². The lowest BCUT2D eigenvalue weighted by molar-refractivity contribution is 0.249. The zero-order chi connectivity index (χ0) is 14.8. The van der Waals surface area contributed by atoms with Crippen molar-refractivity contribution in [2.24, 2.45) is 0 Å². The van der Waals surface area contributed by atoms with Crippen LogP contribution in [0.5, 0.6) is 0 Å². The molecule has 0 radical (unpaired) electrons. The molecule has 112 valence electrons. The maximum Gasteiger partial charge on any atom is 0.246 e. The number of nitrogens with one attached hydrogen (secondary N) is 1. The third-order valence-corrected chi connectivity index (χ3v) is 5.96. The largest absolute Gasteiger partial charge is 0.369 e. The SMILES string of the molecule is CCCNc1ncc(Br)cc1S(=O)(=O)N(C)C1CCC1. The molecule has 1 saturated carbocycles. The Labute approximate surface area is 129 Å². The average Bonchev–Trinajstić information content (AvgIpc) is 2.35. The van der Waals surface area contributed by atoms with Gasteiger partial charge in [0, 0.05) is 30.3 Å². The first kappa shape index (κ1) is 15.7. The predicted molar refractivity (Wildman–Crippen MR) is 83.3 cm³/mol. The van der Waals surface area contributed by atoms with E-state index in [1.807, 2.05) is 6.92 Å². The second kappa shape index (κ2) is 6.41. The van der Waals surface area contributed by atoms with Crippen LogP contribution in [0, 0.1) is 0 Å². The van der Waals surface area contributed by atoms with E-state index in [0.29, 0.717) is 16.8 Å². The van der Waals surface area contributed by atoms with E-state index < -0.39 is 10.0 Å². The van der Waals surface area contributed by atoms with Gasteiger partial charge in [-0.2, -0.15) is 4.31 Å². The molecule has 1 aromatic rings. The van der Waals surface area contributed by atoms with Gasteiger partial charge in [0.2, 0.25) is 10.0 Å². The fourth-order valence-electron chi connectivity index (χ4n) is 2.10. The Hall–Kier alpha value is -0.660. The quantitative estimate of drug-likeness (QED) is 0.845. The van der Waals surface area contributed by atoms with Gasteiger partial charge in [0.25, 0.3) is 0 Å². The molecule has 0 aromatic carbocycles. The van der Waals surface area contributed by atoms with Crippen molar-refractivity contribution in [3.8, 4) is 0 Å². The topological polar surface area (TPSA) is 62.3 Å². The van der Waals surface area contributed by atoms with E-state index in [1.165, 1.54) is 4.31 Å². The number of pyridine rings is 1. The molecule has 0 bridgehead atoms. The van der Waals surface area contributed by atoms with Gasteiger partial charge in [-0.25, -0.2) is 13.4 Å². The van der Waals surface area contributed by atoms with Gasteiger partial charge < -0.3 is 5.32 Å². The van der Waals surface area contributed by atoms with Crippen LogP contribution in [-0.4, -0.2) is 37.3 Å². The van der Waals surface area contributed by atoms with E-state index in [4.69, 9.17) is 0 Å². The van der Waals surface area contributed by atoms with Crippen molar-refractivity contribution < 1.29 is 8.42 Å². The highest BCUT2D eigenvalue weighted by molar-refractivity contribution is 9.10. The molecule has 0 unspecified atom stereocenters. The smallest absolute Gasteiger partial charge is 0.246 e. The number of aromatic nitrogens is 1. The van der Waals surface area contributed by atoms with Gasteiger partial charge in [-0.3, -0.25) is 0 Å². The van der Waals surface area contributed by atoms with Gasteiger partial charge in [-0.1, -0.05) is 13.3 Å². The number of anilines is 1. The highest BCUT2D eigenvalue weighted by Gasteiger charge is 2.33. The standard InChI is InChI=1S/C13H20BrN3O2S/c1-3-7-15-13-12(8-10(14)9-16-13)20(18,19)17(2)11-5-4-6-11/h8-9,11H,3-7H2,1-2H3,(H,15,16). The monoisotopic (exact) mass is 361 g/mol. The maximum absolute atomic E-state index is 12.7. The third-order valence-electron chi connectivity index (χ3n) is 3.61. The van der Waals surface area contributed by atoms with E-state index in [2.05, 4.69) is 26.2 Å².